The van der Waals surface area contributed by atoms with Crippen LogP contribution in [0.4, 0.5) is 8.78 Å². The van der Waals surface area contributed by atoms with E-state index < -0.39 is 11.6 Å². The molecule has 1 atom stereocenters. The monoisotopic (exact) mass is 227 g/mol. The molecule has 90 valence electrons. The summed E-state index contributed by atoms with van der Waals surface area (Å²) in [6.45, 7) is 7.41. The smallest absolute Gasteiger partial charge is 0.130 e. The van der Waals surface area contributed by atoms with Crippen molar-refractivity contribution < 1.29 is 8.78 Å². The minimum Gasteiger partial charge on any atom is -0.312 e. The molecule has 0 saturated heterocycles. The molecule has 0 fully saturated rings. The molecular weight excluding hydrogens is 208 g/mol. The van der Waals surface area contributed by atoms with Gasteiger partial charge in [0.05, 0.1) is 0 Å². The van der Waals surface area contributed by atoms with Crippen LogP contribution in [0.15, 0.2) is 18.2 Å². The number of benzene rings is 1. The quantitative estimate of drug-likeness (QED) is 0.813. The highest BCUT2D eigenvalue weighted by molar-refractivity contribution is 5.19. The van der Waals surface area contributed by atoms with E-state index in [4.69, 9.17) is 0 Å². The number of hydrogen-bond donors (Lipinski definition) is 1. The van der Waals surface area contributed by atoms with Crippen molar-refractivity contribution in [2.45, 2.75) is 27.3 Å². The zero-order valence-electron chi connectivity index (χ0n) is 10.1. The van der Waals surface area contributed by atoms with Crippen molar-refractivity contribution in [2.75, 3.05) is 6.54 Å². The van der Waals surface area contributed by atoms with Gasteiger partial charge in [0, 0.05) is 12.1 Å². The van der Waals surface area contributed by atoms with Gasteiger partial charge in [0.2, 0.25) is 0 Å². The predicted octanol–water partition coefficient (Wildman–Crippen LogP) is 3.35. The molecule has 0 aromatic heterocycles. The Hall–Kier alpha value is -0.960. The fourth-order valence-electron chi connectivity index (χ4n) is 1.36. The first-order valence-electron chi connectivity index (χ1n) is 5.66. The van der Waals surface area contributed by atoms with Crippen LogP contribution in [0.1, 0.15) is 26.3 Å². The van der Waals surface area contributed by atoms with Crippen molar-refractivity contribution in [3.63, 3.8) is 0 Å². The third-order valence-electron chi connectivity index (χ3n) is 2.97. The molecule has 0 aliphatic rings. The summed E-state index contributed by atoms with van der Waals surface area (Å²) in [6.07, 6.45) is 0. The molecule has 0 aliphatic heterocycles. The second kappa shape index (κ2) is 5.94. The van der Waals surface area contributed by atoms with Crippen LogP contribution >= 0.6 is 0 Å². The zero-order valence-corrected chi connectivity index (χ0v) is 10.1. The van der Waals surface area contributed by atoms with Crippen LogP contribution in [-0.2, 0) is 6.54 Å². The lowest BCUT2D eigenvalue weighted by Crippen LogP contribution is -2.24. The maximum atomic E-state index is 13.3. The Morgan fingerprint density at radius 3 is 2.19 bits per heavy atom. The second-order valence-corrected chi connectivity index (χ2v) is 4.55. The maximum absolute atomic E-state index is 13.3. The van der Waals surface area contributed by atoms with Crippen LogP contribution < -0.4 is 5.32 Å². The molecule has 3 heteroatoms. The molecule has 0 saturated carbocycles. The molecule has 1 N–H and O–H groups in total. The van der Waals surface area contributed by atoms with Crippen LogP contribution in [0, 0.1) is 23.5 Å². The van der Waals surface area contributed by atoms with E-state index in [1.807, 2.05) is 0 Å². The maximum Gasteiger partial charge on any atom is 0.130 e. The van der Waals surface area contributed by atoms with E-state index in [2.05, 4.69) is 26.1 Å². The van der Waals surface area contributed by atoms with Crippen LogP contribution in [-0.4, -0.2) is 6.54 Å². The van der Waals surface area contributed by atoms with E-state index >= 15 is 0 Å². The Kier molecular flexibility index (Phi) is 4.87. The highest BCUT2D eigenvalue weighted by atomic mass is 19.1. The van der Waals surface area contributed by atoms with Gasteiger partial charge in [0.25, 0.3) is 0 Å². The first kappa shape index (κ1) is 13.1. The van der Waals surface area contributed by atoms with Crippen molar-refractivity contribution in [3.05, 3.63) is 35.4 Å². The summed E-state index contributed by atoms with van der Waals surface area (Å²) in [5, 5.41) is 3.08. The number of halogens is 2. The summed E-state index contributed by atoms with van der Waals surface area (Å²) in [7, 11) is 0. The van der Waals surface area contributed by atoms with Gasteiger partial charge in [-0.05, 0) is 30.5 Å². The van der Waals surface area contributed by atoms with Gasteiger partial charge in [0.15, 0.2) is 0 Å². The zero-order chi connectivity index (χ0) is 12.1. The van der Waals surface area contributed by atoms with E-state index in [1.165, 1.54) is 18.2 Å². The lowest BCUT2D eigenvalue weighted by atomic mass is 9.98. The Morgan fingerprint density at radius 1 is 1.12 bits per heavy atom. The average molecular weight is 227 g/mol. The van der Waals surface area contributed by atoms with E-state index in [1.54, 1.807) is 0 Å². The molecule has 1 nitrogen and oxygen atoms in total. The Labute approximate surface area is 95.9 Å². The normalized spacial score (nSPS) is 13.1. The van der Waals surface area contributed by atoms with Crippen molar-refractivity contribution >= 4 is 0 Å². The molecule has 1 rings (SSSR count). The van der Waals surface area contributed by atoms with Crippen molar-refractivity contribution in [1.82, 2.24) is 5.32 Å². The molecule has 1 aromatic rings. The molecule has 0 radical (unpaired) electrons. The lowest BCUT2D eigenvalue weighted by Gasteiger charge is -2.16. The first-order valence-corrected chi connectivity index (χ1v) is 5.66. The topological polar surface area (TPSA) is 12.0 Å². The fraction of sp³-hybridized carbons (Fsp3) is 0.538. The number of nitrogens with one attached hydrogen (secondary N) is 1. The van der Waals surface area contributed by atoms with Crippen molar-refractivity contribution in [1.29, 1.82) is 0 Å². The minimum atomic E-state index is -0.482. The van der Waals surface area contributed by atoms with E-state index in [9.17, 15) is 8.78 Å². The third-order valence-corrected chi connectivity index (χ3v) is 2.97. The Balaban J connectivity index is 2.49. The second-order valence-electron chi connectivity index (χ2n) is 4.55. The molecule has 0 heterocycles. The predicted molar refractivity (Wildman–Crippen MR) is 62.1 cm³/mol. The van der Waals surface area contributed by atoms with Gasteiger partial charge < -0.3 is 5.32 Å². The van der Waals surface area contributed by atoms with Crippen LogP contribution in [0.3, 0.4) is 0 Å². The fourth-order valence-corrected chi connectivity index (χ4v) is 1.36. The van der Waals surface area contributed by atoms with Crippen LogP contribution in [0.5, 0.6) is 0 Å². The molecule has 0 bridgehead atoms. The minimum absolute atomic E-state index is 0.124. The van der Waals surface area contributed by atoms with Gasteiger partial charge in [-0.1, -0.05) is 26.8 Å². The summed E-state index contributed by atoms with van der Waals surface area (Å²) >= 11 is 0. The standard InChI is InChI=1S/C13H19F2N/c1-9(2)10(3)7-16-8-11-12(14)5-4-6-13(11)15/h4-6,9-10,16H,7-8H2,1-3H3. The molecule has 16 heavy (non-hydrogen) atoms. The van der Waals surface area contributed by atoms with Gasteiger partial charge in [0.1, 0.15) is 11.6 Å². The molecule has 0 amide bonds. The number of hydrogen-bond acceptors (Lipinski definition) is 1. The SMILES string of the molecule is CC(C)C(C)CNCc1c(F)cccc1F. The molecule has 0 spiro atoms. The lowest BCUT2D eigenvalue weighted by molar-refractivity contribution is 0.389. The average Bonchev–Trinajstić information content (AvgIpc) is 2.22. The molecular formula is C13H19F2N. The Morgan fingerprint density at radius 2 is 1.69 bits per heavy atom. The van der Waals surface area contributed by atoms with E-state index in [-0.39, 0.29) is 12.1 Å². The van der Waals surface area contributed by atoms with Gasteiger partial charge in [-0.3, -0.25) is 0 Å². The Bertz CT molecular complexity index is 316. The first-order chi connectivity index (χ1) is 7.52. The van der Waals surface area contributed by atoms with Gasteiger partial charge in [-0.25, -0.2) is 8.78 Å². The van der Waals surface area contributed by atoms with Crippen LogP contribution in [0.25, 0.3) is 0 Å². The summed E-state index contributed by atoms with van der Waals surface area (Å²) in [6, 6.07) is 3.95. The largest absolute Gasteiger partial charge is 0.312 e. The van der Waals surface area contributed by atoms with Gasteiger partial charge in [-0.2, -0.15) is 0 Å². The summed E-state index contributed by atoms with van der Waals surface area (Å²) in [5.74, 6) is 0.0993. The van der Waals surface area contributed by atoms with Crippen LogP contribution in [0.2, 0.25) is 0 Å². The van der Waals surface area contributed by atoms with E-state index in [0.717, 1.165) is 6.54 Å². The molecule has 0 aliphatic carbocycles. The highest BCUT2D eigenvalue weighted by Crippen LogP contribution is 2.12. The summed E-state index contributed by atoms with van der Waals surface area (Å²) in [5.41, 5.74) is 0.124. The van der Waals surface area contributed by atoms with Crippen molar-refractivity contribution in [3.8, 4) is 0 Å². The van der Waals surface area contributed by atoms with Gasteiger partial charge >= 0.3 is 0 Å². The summed E-state index contributed by atoms with van der Waals surface area (Å²) in [4.78, 5) is 0. The third kappa shape index (κ3) is 3.56. The number of rotatable bonds is 5. The van der Waals surface area contributed by atoms with E-state index in [0.29, 0.717) is 11.8 Å². The molecule has 1 aromatic carbocycles. The summed E-state index contributed by atoms with van der Waals surface area (Å²) < 4.78 is 26.5. The highest BCUT2D eigenvalue weighted by Gasteiger charge is 2.10. The van der Waals surface area contributed by atoms with Crippen molar-refractivity contribution in [2.24, 2.45) is 11.8 Å². The molecule has 1 unspecified atom stereocenters. The van der Waals surface area contributed by atoms with Gasteiger partial charge in [-0.15, -0.1) is 0 Å².